The smallest absolute Gasteiger partial charge is 0.343 e. The molecule has 1 saturated heterocycles. The molecule has 0 aromatic heterocycles. The summed E-state index contributed by atoms with van der Waals surface area (Å²) in [7, 11) is 0. The molecule has 0 unspecified atom stereocenters. The van der Waals surface area contributed by atoms with Gasteiger partial charge < -0.3 is 14.6 Å². The number of cyclic esters (lactones) is 1. The number of aliphatic hydroxyl groups excluding tert-OH is 1. The summed E-state index contributed by atoms with van der Waals surface area (Å²) in [5, 5.41) is 8.80. The molecule has 4 nitrogen and oxygen atoms in total. The SMILES string of the molecule is CC1(C)OC(=O)[C@](C)(CO)O1. The molecule has 0 aliphatic carbocycles. The molecule has 0 aromatic carbocycles. The Kier molecular flexibility index (Phi) is 1.69. The predicted molar refractivity (Wildman–Crippen MR) is 36.7 cm³/mol. The minimum Gasteiger partial charge on any atom is -0.431 e. The molecule has 1 aliphatic rings. The summed E-state index contributed by atoms with van der Waals surface area (Å²) in [6, 6.07) is 0. The van der Waals surface area contributed by atoms with Crippen molar-refractivity contribution in [1.29, 1.82) is 0 Å². The van der Waals surface area contributed by atoms with E-state index in [1.807, 2.05) is 0 Å². The molecule has 0 amide bonds. The summed E-state index contributed by atoms with van der Waals surface area (Å²) in [6.45, 7) is 4.41. The fourth-order valence-corrected chi connectivity index (χ4v) is 1.03. The molecular weight excluding hydrogens is 148 g/mol. The second kappa shape index (κ2) is 2.19. The summed E-state index contributed by atoms with van der Waals surface area (Å²) in [4.78, 5) is 11.0. The van der Waals surface area contributed by atoms with Gasteiger partial charge in [0.05, 0.1) is 6.61 Å². The van der Waals surface area contributed by atoms with Crippen molar-refractivity contribution >= 4 is 5.97 Å². The number of ether oxygens (including phenoxy) is 2. The van der Waals surface area contributed by atoms with E-state index in [4.69, 9.17) is 14.6 Å². The monoisotopic (exact) mass is 160 g/mol. The van der Waals surface area contributed by atoms with Gasteiger partial charge in [-0.3, -0.25) is 0 Å². The first-order valence-corrected chi connectivity index (χ1v) is 3.44. The van der Waals surface area contributed by atoms with Crippen molar-refractivity contribution < 1.29 is 19.4 Å². The van der Waals surface area contributed by atoms with E-state index < -0.39 is 17.4 Å². The van der Waals surface area contributed by atoms with Crippen LogP contribution < -0.4 is 0 Å². The van der Waals surface area contributed by atoms with Gasteiger partial charge in [-0.25, -0.2) is 4.79 Å². The largest absolute Gasteiger partial charge is 0.431 e. The molecule has 64 valence electrons. The van der Waals surface area contributed by atoms with Gasteiger partial charge in [-0.1, -0.05) is 0 Å². The second-order valence-electron chi connectivity index (χ2n) is 3.28. The zero-order chi connectivity index (χ0) is 8.70. The normalized spacial score (nSPS) is 35.5. The Hall–Kier alpha value is -0.610. The van der Waals surface area contributed by atoms with Crippen LogP contribution in [0.4, 0.5) is 0 Å². The molecule has 1 atom stereocenters. The maximum absolute atomic E-state index is 11.0. The van der Waals surface area contributed by atoms with Crippen molar-refractivity contribution in [3.05, 3.63) is 0 Å². The lowest BCUT2D eigenvalue weighted by molar-refractivity contribution is -0.168. The minimum absolute atomic E-state index is 0.352. The van der Waals surface area contributed by atoms with Gasteiger partial charge >= 0.3 is 5.97 Å². The minimum atomic E-state index is -1.18. The Morgan fingerprint density at radius 1 is 1.45 bits per heavy atom. The Morgan fingerprint density at radius 2 is 2.00 bits per heavy atom. The van der Waals surface area contributed by atoms with E-state index in [1.54, 1.807) is 13.8 Å². The van der Waals surface area contributed by atoms with Gasteiger partial charge in [0.2, 0.25) is 5.79 Å². The number of hydrogen-bond donors (Lipinski definition) is 1. The highest BCUT2D eigenvalue weighted by Crippen LogP contribution is 2.31. The van der Waals surface area contributed by atoms with Crippen LogP contribution in [0.25, 0.3) is 0 Å². The van der Waals surface area contributed by atoms with Crippen LogP contribution in [-0.2, 0) is 14.3 Å². The summed E-state index contributed by atoms with van der Waals surface area (Å²) in [5.41, 5.74) is -1.18. The van der Waals surface area contributed by atoms with Gasteiger partial charge in [0.15, 0.2) is 5.60 Å². The van der Waals surface area contributed by atoms with E-state index in [0.29, 0.717) is 0 Å². The average Bonchev–Trinajstić information content (AvgIpc) is 2.03. The van der Waals surface area contributed by atoms with Gasteiger partial charge in [0.25, 0.3) is 0 Å². The highest BCUT2D eigenvalue weighted by atomic mass is 16.8. The number of aliphatic hydroxyl groups is 1. The molecule has 4 heteroatoms. The number of hydrogen-bond acceptors (Lipinski definition) is 4. The lowest BCUT2D eigenvalue weighted by Crippen LogP contribution is -2.37. The van der Waals surface area contributed by atoms with Gasteiger partial charge in [0, 0.05) is 13.8 Å². The third-order valence-corrected chi connectivity index (χ3v) is 1.54. The average molecular weight is 160 g/mol. The third kappa shape index (κ3) is 1.36. The lowest BCUT2D eigenvalue weighted by atomic mass is 10.1. The number of carbonyl (C=O) groups is 1. The van der Waals surface area contributed by atoms with Crippen molar-refractivity contribution in [2.75, 3.05) is 6.61 Å². The predicted octanol–water partition coefficient (Wildman–Crippen LogP) is 0.0469. The van der Waals surface area contributed by atoms with Crippen molar-refractivity contribution in [2.24, 2.45) is 0 Å². The van der Waals surface area contributed by atoms with Gasteiger partial charge in [0.1, 0.15) is 0 Å². The van der Waals surface area contributed by atoms with E-state index in [0.717, 1.165) is 0 Å². The van der Waals surface area contributed by atoms with Crippen LogP contribution in [0.5, 0.6) is 0 Å². The summed E-state index contributed by atoms with van der Waals surface area (Å²) in [5.74, 6) is -1.42. The Labute approximate surface area is 65.1 Å². The zero-order valence-electron chi connectivity index (χ0n) is 6.88. The first-order chi connectivity index (χ1) is 4.90. The first kappa shape index (κ1) is 8.49. The molecule has 1 aliphatic heterocycles. The maximum Gasteiger partial charge on any atom is 0.343 e. The molecule has 1 heterocycles. The molecule has 1 N–H and O–H groups in total. The molecular formula is C7H12O4. The molecule has 1 rings (SSSR count). The van der Waals surface area contributed by atoms with Crippen LogP contribution in [0.1, 0.15) is 20.8 Å². The van der Waals surface area contributed by atoms with E-state index in [1.165, 1.54) is 6.92 Å². The van der Waals surface area contributed by atoms with Crippen LogP contribution in [0.15, 0.2) is 0 Å². The van der Waals surface area contributed by atoms with Crippen LogP contribution in [0, 0.1) is 0 Å². The summed E-state index contributed by atoms with van der Waals surface area (Å²) >= 11 is 0. The van der Waals surface area contributed by atoms with Gasteiger partial charge in [-0.15, -0.1) is 0 Å². The highest BCUT2D eigenvalue weighted by Gasteiger charge is 2.50. The summed E-state index contributed by atoms with van der Waals surface area (Å²) < 4.78 is 10.0. The van der Waals surface area contributed by atoms with E-state index in [9.17, 15) is 4.79 Å². The quantitative estimate of drug-likeness (QED) is 0.550. The van der Waals surface area contributed by atoms with Crippen molar-refractivity contribution in [3.63, 3.8) is 0 Å². The van der Waals surface area contributed by atoms with Crippen molar-refractivity contribution in [3.8, 4) is 0 Å². The zero-order valence-corrected chi connectivity index (χ0v) is 6.88. The number of esters is 1. The molecule has 0 radical (unpaired) electrons. The lowest BCUT2D eigenvalue weighted by Gasteiger charge is -2.19. The van der Waals surface area contributed by atoms with Gasteiger partial charge in [-0.05, 0) is 6.92 Å². The number of rotatable bonds is 1. The molecule has 11 heavy (non-hydrogen) atoms. The molecule has 0 saturated carbocycles. The van der Waals surface area contributed by atoms with Crippen molar-refractivity contribution in [1.82, 2.24) is 0 Å². The van der Waals surface area contributed by atoms with E-state index >= 15 is 0 Å². The fourth-order valence-electron chi connectivity index (χ4n) is 1.03. The Balaban J connectivity index is 2.82. The fraction of sp³-hybridized carbons (Fsp3) is 0.857. The standard InChI is InChI=1S/C7H12O4/c1-6(2)10-5(9)7(3,4-8)11-6/h8H,4H2,1-3H3/t7-/m0/s1. The molecule has 0 bridgehead atoms. The van der Waals surface area contributed by atoms with Crippen LogP contribution in [-0.4, -0.2) is 29.1 Å². The molecule has 1 fully saturated rings. The topological polar surface area (TPSA) is 55.8 Å². The molecule has 0 aromatic rings. The van der Waals surface area contributed by atoms with E-state index in [2.05, 4.69) is 0 Å². The van der Waals surface area contributed by atoms with Crippen LogP contribution >= 0.6 is 0 Å². The first-order valence-electron chi connectivity index (χ1n) is 3.44. The highest BCUT2D eigenvalue weighted by molar-refractivity contribution is 5.81. The van der Waals surface area contributed by atoms with Crippen LogP contribution in [0.3, 0.4) is 0 Å². The number of carbonyl (C=O) groups excluding carboxylic acids is 1. The molecule has 0 spiro atoms. The van der Waals surface area contributed by atoms with Crippen molar-refractivity contribution in [2.45, 2.75) is 32.2 Å². The van der Waals surface area contributed by atoms with Crippen LogP contribution in [0.2, 0.25) is 0 Å². The Morgan fingerprint density at radius 3 is 2.18 bits per heavy atom. The Bertz CT molecular complexity index is 187. The summed E-state index contributed by atoms with van der Waals surface area (Å²) in [6.07, 6.45) is 0. The maximum atomic E-state index is 11.0. The third-order valence-electron chi connectivity index (χ3n) is 1.54. The van der Waals surface area contributed by atoms with E-state index in [-0.39, 0.29) is 6.61 Å². The van der Waals surface area contributed by atoms with Gasteiger partial charge in [-0.2, -0.15) is 0 Å². The second-order valence-corrected chi connectivity index (χ2v) is 3.28.